The summed E-state index contributed by atoms with van der Waals surface area (Å²) < 4.78 is 0. The van der Waals surface area contributed by atoms with Crippen LogP contribution in [0.3, 0.4) is 0 Å². The van der Waals surface area contributed by atoms with E-state index >= 15 is 0 Å². The third kappa shape index (κ3) is 1.11. The van der Waals surface area contributed by atoms with Crippen LogP contribution in [0.25, 0.3) is 291 Å². The van der Waals surface area contributed by atoms with Gasteiger partial charge in [0.2, 0.25) is 0 Å². The zero-order valence-electron chi connectivity index (χ0n) is 33.3. The number of benzene rings is 19. The highest BCUT2D eigenvalue weighted by molar-refractivity contribution is 6.82. The van der Waals surface area contributed by atoms with E-state index in [2.05, 4.69) is 24.3 Å². The van der Waals surface area contributed by atoms with Crippen molar-refractivity contribution in [2.24, 2.45) is 0 Å². The second-order valence-electron chi connectivity index (χ2n) is 24.8. The molecule has 0 N–H and O–H groups in total. The molecule has 5 aliphatic rings. The van der Waals surface area contributed by atoms with Gasteiger partial charge in [-0.3, -0.25) is 0 Å². The molecule has 0 nitrogen and oxygen atoms in total. The Balaban J connectivity index is 1.26. The third-order valence-corrected chi connectivity index (χ3v) is 25.0. The van der Waals surface area contributed by atoms with Crippen molar-refractivity contribution in [2.75, 3.05) is 0 Å². The average Bonchev–Trinajstić information content (AvgIpc) is 4.17. The number of rotatable bonds is 0. The summed E-state index contributed by atoms with van der Waals surface area (Å²) in [5.41, 5.74) is 9.84. The highest BCUT2D eigenvalue weighted by Gasteiger charge is 2.76. The molecule has 0 heteroatoms. The molecule has 29 aromatic carbocycles. The van der Waals surface area contributed by atoms with Gasteiger partial charge in [0.1, 0.15) is 0 Å². The summed E-state index contributed by atoms with van der Waals surface area (Å²) in [5.74, 6) is 0. The fourth-order valence-electron chi connectivity index (χ4n) is 25.3. The zero-order chi connectivity index (χ0) is 38.5. The molecule has 0 aromatic heterocycles. The van der Waals surface area contributed by atoms with Crippen LogP contribution in [0.5, 0.6) is 0 Å². The van der Waals surface area contributed by atoms with Crippen LogP contribution in [0.1, 0.15) is 33.4 Å². The molecule has 0 saturated heterocycles. The molecule has 0 saturated carbocycles. The second-order valence-corrected chi connectivity index (χ2v) is 24.8. The van der Waals surface area contributed by atoms with Gasteiger partial charge in [0.25, 0.3) is 0 Å². The van der Waals surface area contributed by atoms with Gasteiger partial charge >= 0.3 is 0 Å². The molecule has 0 aliphatic heterocycles. The average molecular weight is 797 g/mol. The van der Waals surface area contributed by atoms with Crippen LogP contribution in [0.2, 0.25) is 0 Å². The predicted octanol–water partition coefficient (Wildman–Crippen LogP) is 17.7. The summed E-state index contributed by atoms with van der Waals surface area (Å²) in [6.45, 7) is 0. The van der Waals surface area contributed by atoms with Crippen molar-refractivity contribution in [1.82, 2.24) is 0 Å². The third-order valence-electron chi connectivity index (χ3n) is 25.0. The van der Waals surface area contributed by atoms with Gasteiger partial charge in [0, 0.05) is 0 Å². The minimum Gasteiger partial charge on any atom is -0.0619 e. The normalized spacial score (nSPS) is 22.7. The Morgan fingerprint density at radius 3 is 0.364 bits per heavy atom. The van der Waals surface area contributed by atoms with E-state index in [1.807, 2.05) is 0 Å². The molecule has 0 amide bonds. The fourth-order valence-corrected chi connectivity index (χ4v) is 25.3. The molecule has 29 aromatic rings. The minimum absolute atomic E-state index is 0.241. The lowest BCUT2D eigenvalue weighted by Gasteiger charge is -2.63. The van der Waals surface area contributed by atoms with Gasteiger partial charge in [-0.2, -0.15) is 0 Å². The monoisotopic (exact) mass is 796 g/mol. The maximum Gasteiger partial charge on any atom is 0.0658 e. The van der Waals surface area contributed by atoms with Gasteiger partial charge in [-0.05, 0) is 324 Å². The van der Waals surface area contributed by atoms with Gasteiger partial charge in [0.05, 0.1) is 10.8 Å². The van der Waals surface area contributed by atoms with E-state index in [-0.39, 0.29) is 10.8 Å². The lowest BCUT2D eigenvalue weighted by Crippen LogP contribution is -2.61. The summed E-state index contributed by atoms with van der Waals surface area (Å²) in [7, 11) is 0. The molecule has 0 fully saturated rings. The summed E-state index contributed by atoms with van der Waals surface area (Å²) in [6, 6.07) is 10.1. The number of hydrogen-bond acceptors (Lipinski definition) is 0. The summed E-state index contributed by atoms with van der Waals surface area (Å²) in [4.78, 5) is 0. The molecule has 0 radical (unpaired) electrons. The molecule has 0 unspecified atom stereocenters. The highest BCUT2D eigenvalue weighted by atomic mass is 14.8. The maximum atomic E-state index is 2.64. The lowest BCUT2D eigenvalue weighted by atomic mass is 9.36. The van der Waals surface area contributed by atoms with E-state index in [9.17, 15) is 0 Å². The minimum atomic E-state index is -0.241. The molecule has 66 heavy (non-hydrogen) atoms. The van der Waals surface area contributed by atoms with Crippen molar-refractivity contribution in [3.05, 3.63) is 57.6 Å². The smallest absolute Gasteiger partial charge is 0.0619 e. The first-order valence-corrected chi connectivity index (χ1v) is 24.8. The Hall–Kier alpha value is -8.32. The van der Waals surface area contributed by atoms with E-state index in [1.165, 1.54) is 0 Å². The summed E-state index contributed by atoms with van der Waals surface area (Å²) in [6.07, 6.45) is 0. The Labute approximate surface area is 357 Å². The van der Waals surface area contributed by atoms with E-state index in [1.54, 1.807) is 324 Å². The summed E-state index contributed by atoms with van der Waals surface area (Å²) >= 11 is 0. The van der Waals surface area contributed by atoms with Gasteiger partial charge in [-0.25, -0.2) is 0 Å². The molecule has 0 atom stereocenters. The van der Waals surface area contributed by atoms with Crippen LogP contribution in [0, 0.1) is 0 Å². The van der Waals surface area contributed by atoms with Crippen LogP contribution in [-0.4, -0.2) is 0 Å². The van der Waals surface area contributed by atoms with Crippen LogP contribution in [-0.2, 0) is 10.8 Å². The van der Waals surface area contributed by atoms with Crippen LogP contribution in [0.15, 0.2) is 24.3 Å². The molecule has 0 bridgehead atoms. The van der Waals surface area contributed by atoms with Crippen molar-refractivity contribution < 1.29 is 0 Å². The highest BCUT2D eigenvalue weighted by Crippen LogP contribution is 2.88. The number of hydrogen-bond donors (Lipinski definition) is 0. The first-order chi connectivity index (χ1) is 33.0. The van der Waals surface area contributed by atoms with Crippen molar-refractivity contribution in [3.8, 4) is 0 Å². The lowest BCUT2D eigenvalue weighted by molar-refractivity contribution is 0.373. The zero-order valence-corrected chi connectivity index (χ0v) is 33.3. The Morgan fingerprint density at radius 1 is 0.136 bits per heavy atom. The maximum absolute atomic E-state index is 2.64. The van der Waals surface area contributed by atoms with Gasteiger partial charge < -0.3 is 0 Å². The largest absolute Gasteiger partial charge is 0.0658 e. The van der Waals surface area contributed by atoms with Crippen LogP contribution >= 0.6 is 0 Å². The van der Waals surface area contributed by atoms with Gasteiger partial charge in [-0.15, -0.1) is 0 Å². The molecule has 34 rings (SSSR count). The molecule has 268 valence electrons. The summed E-state index contributed by atoms with van der Waals surface area (Å²) in [5, 5.41) is 90.5. The van der Waals surface area contributed by atoms with Crippen molar-refractivity contribution in [1.29, 1.82) is 0 Å². The molecule has 2 spiro atoms. The molecule has 5 aliphatic carbocycles. The first kappa shape index (κ1) is 23.0. The molecular formula is C66H4. The first-order valence-electron chi connectivity index (χ1n) is 24.8. The van der Waals surface area contributed by atoms with Crippen molar-refractivity contribution in [3.63, 3.8) is 0 Å². The van der Waals surface area contributed by atoms with Gasteiger partial charge in [-0.1, -0.05) is 24.3 Å². The quantitative estimate of drug-likeness (QED) is 0.134. The number of fused-ring (bicyclic) bond motifs is 1. The van der Waals surface area contributed by atoms with E-state index in [4.69, 9.17) is 0 Å². The molecule has 0 heterocycles. The van der Waals surface area contributed by atoms with E-state index < -0.39 is 0 Å². The van der Waals surface area contributed by atoms with Gasteiger partial charge in [0.15, 0.2) is 0 Å². The topological polar surface area (TPSA) is 0 Å². The van der Waals surface area contributed by atoms with Crippen LogP contribution < -0.4 is 0 Å². The predicted molar refractivity (Wildman–Crippen MR) is 279 cm³/mol. The second kappa shape index (κ2) is 4.99. The molecular weight excluding hydrogens is 793 g/mol. The van der Waals surface area contributed by atoms with Crippen molar-refractivity contribution >= 4 is 291 Å². The van der Waals surface area contributed by atoms with Crippen LogP contribution in [0.4, 0.5) is 0 Å². The van der Waals surface area contributed by atoms with E-state index in [0.717, 1.165) is 0 Å². The SMILES string of the molecule is c1ccc2c(c1)C13c4c5c6c7c8c9c(c%10c%11c1c1c4c4c%12c5c5c6c6c8c8c%13c9c9c%10c%10c%11c%11c1c1c4c4c%12c%12c5c5c6c8c6c8c%13c9c9c%10c%10c%11c1c1c4c4c%12c5c6c5c8c9c%10c1c45)C273. The Morgan fingerprint density at radius 2 is 0.242 bits per heavy atom. The van der Waals surface area contributed by atoms with Crippen molar-refractivity contribution in [2.45, 2.75) is 10.8 Å². The fraction of sp³-hybridized carbons (Fsp3) is 0.0303. The standard InChI is InChI=1S/C66H4/c1-2-4-6-5(3-1)65-61-53-45-35-25-17-9-7-8-11-15-13(9)21-29-23(15)33-27-19(11)20-12(8)16-14-10(7)18(17)26-32-22(14)30-24(16)34-28(20)38-37(27)47-41(33)51-43(29)49(39(45)31(21)25)57(61)59(51)63-55(47)56-48(38)42(34)52-44(30)50-40(32)46(36(26)35)54(53)62(65)58(50)60(52)64(56)66(6,63)65/h1-4H. The Kier molecular flexibility index (Phi) is 1.74. The Bertz CT molecular complexity index is 6680. The van der Waals surface area contributed by atoms with E-state index in [0.29, 0.717) is 0 Å².